The van der Waals surface area contributed by atoms with Crippen LogP contribution < -0.4 is 9.64 Å². The summed E-state index contributed by atoms with van der Waals surface area (Å²) in [6.07, 6.45) is 9.23. The van der Waals surface area contributed by atoms with Gasteiger partial charge in [-0.15, -0.1) is 0 Å². The van der Waals surface area contributed by atoms with E-state index in [1.165, 1.54) is 17.3 Å². The first-order valence-electron chi connectivity index (χ1n) is 15.3. The van der Waals surface area contributed by atoms with Crippen molar-refractivity contribution in [3.05, 3.63) is 77.8 Å². The zero-order valence-electron chi connectivity index (χ0n) is 24.3. The van der Waals surface area contributed by atoms with Crippen LogP contribution in [0.5, 0.6) is 6.01 Å². The third-order valence-electron chi connectivity index (χ3n) is 9.64. The number of benzene rings is 2. The minimum absolute atomic E-state index is 0.00186. The van der Waals surface area contributed by atoms with E-state index in [9.17, 15) is 0 Å². The number of nitrogens with zero attached hydrogens (tertiary/aromatic N) is 6. The van der Waals surface area contributed by atoms with Crippen LogP contribution in [0, 0.1) is 18.6 Å². The summed E-state index contributed by atoms with van der Waals surface area (Å²) in [5.41, 5.74) is 3.00. The first kappa shape index (κ1) is 26.5. The fourth-order valence-electron chi connectivity index (χ4n) is 7.61. The van der Waals surface area contributed by atoms with E-state index in [4.69, 9.17) is 9.72 Å². The molecule has 8 rings (SSSR count). The van der Waals surface area contributed by atoms with Gasteiger partial charge in [-0.05, 0) is 75.2 Å². The Morgan fingerprint density at radius 1 is 0.953 bits per heavy atom. The largest absolute Gasteiger partial charge is 0.461 e. The van der Waals surface area contributed by atoms with Crippen LogP contribution in [0.15, 0.2) is 54.9 Å². The van der Waals surface area contributed by atoms with Gasteiger partial charge in [0.2, 0.25) is 0 Å². The molecular formula is C34H34F2N6O. The summed E-state index contributed by atoms with van der Waals surface area (Å²) in [5, 5.41) is 1.55. The summed E-state index contributed by atoms with van der Waals surface area (Å²) in [6.45, 7) is 7.05. The maximum absolute atomic E-state index is 16.7. The summed E-state index contributed by atoms with van der Waals surface area (Å²) in [4.78, 5) is 18.9. The quantitative estimate of drug-likeness (QED) is 0.232. The van der Waals surface area contributed by atoms with Crippen molar-refractivity contribution in [2.45, 2.75) is 57.7 Å². The molecule has 0 radical (unpaired) electrons. The number of anilines is 1. The monoisotopic (exact) mass is 580 g/mol. The fourth-order valence-corrected chi connectivity index (χ4v) is 7.61. The van der Waals surface area contributed by atoms with Gasteiger partial charge in [-0.2, -0.15) is 9.97 Å². The molecule has 3 aromatic heterocycles. The Bertz CT molecular complexity index is 1850. The molecule has 0 bridgehead atoms. The van der Waals surface area contributed by atoms with Gasteiger partial charge in [0, 0.05) is 42.1 Å². The molecule has 2 aromatic carbocycles. The van der Waals surface area contributed by atoms with Crippen LogP contribution in [-0.2, 0) is 13.1 Å². The topological polar surface area (TPSA) is 59.3 Å². The molecule has 2 fully saturated rings. The van der Waals surface area contributed by atoms with Gasteiger partial charge >= 0.3 is 6.01 Å². The predicted octanol–water partition coefficient (Wildman–Crippen LogP) is 6.65. The summed E-state index contributed by atoms with van der Waals surface area (Å²) in [7, 11) is 0. The Labute approximate surface area is 249 Å². The minimum Gasteiger partial charge on any atom is -0.461 e. The molecule has 5 aromatic rings. The zero-order valence-corrected chi connectivity index (χ0v) is 24.3. The van der Waals surface area contributed by atoms with Gasteiger partial charge in [-0.1, -0.05) is 30.3 Å². The van der Waals surface area contributed by atoms with Crippen molar-refractivity contribution in [2.24, 2.45) is 0 Å². The second kappa shape index (κ2) is 10.3. The average Bonchev–Trinajstić information content (AvgIpc) is 3.66. The van der Waals surface area contributed by atoms with Crippen molar-refractivity contribution in [1.29, 1.82) is 0 Å². The summed E-state index contributed by atoms with van der Waals surface area (Å²) < 4.78 is 40.4. The van der Waals surface area contributed by atoms with Crippen molar-refractivity contribution >= 4 is 27.5 Å². The minimum atomic E-state index is -0.600. The first-order chi connectivity index (χ1) is 21.0. The summed E-state index contributed by atoms with van der Waals surface area (Å²) >= 11 is 0. The number of pyridine rings is 1. The second-order valence-corrected chi connectivity index (χ2v) is 12.3. The number of ether oxygens (including phenoxy) is 1. The van der Waals surface area contributed by atoms with Crippen LogP contribution in [0.25, 0.3) is 32.9 Å². The Hall–Kier alpha value is -4.11. The first-order valence-corrected chi connectivity index (χ1v) is 15.3. The van der Waals surface area contributed by atoms with Crippen molar-refractivity contribution in [2.75, 3.05) is 31.1 Å². The van der Waals surface area contributed by atoms with Crippen molar-refractivity contribution < 1.29 is 13.5 Å². The van der Waals surface area contributed by atoms with E-state index in [1.807, 2.05) is 12.1 Å². The lowest BCUT2D eigenvalue weighted by molar-refractivity contribution is 0.108. The molecule has 43 heavy (non-hydrogen) atoms. The van der Waals surface area contributed by atoms with Crippen molar-refractivity contribution in [3.8, 4) is 17.3 Å². The Morgan fingerprint density at radius 2 is 1.77 bits per heavy atom. The maximum Gasteiger partial charge on any atom is 0.319 e. The normalized spacial score (nSPS) is 18.3. The predicted molar refractivity (Wildman–Crippen MR) is 163 cm³/mol. The van der Waals surface area contributed by atoms with Crippen LogP contribution in [0.2, 0.25) is 0 Å². The van der Waals surface area contributed by atoms with E-state index < -0.39 is 11.6 Å². The van der Waals surface area contributed by atoms with Crippen molar-refractivity contribution in [3.63, 3.8) is 0 Å². The van der Waals surface area contributed by atoms with Crippen LogP contribution in [-0.4, -0.2) is 56.2 Å². The highest BCUT2D eigenvalue weighted by molar-refractivity contribution is 5.99. The van der Waals surface area contributed by atoms with Gasteiger partial charge in [0.25, 0.3) is 0 Å². The van der Waals surface area contributed by atoms with E-state index in [0.29, 0.717) is 40.7 Å². The van der Waals surface area contributed by atoms with Gasteiger partial charge in [-0.3, -0.25) is 9.88 Å². The third kappa shape index (κ3) is 4.44. The molecule has 0 saturated carbocycles. The molecule has 3 aliphatic rings. The Kier molecular flexibility index (Phi) is 6.33. The number of hydrogen-bond donors (Lipinski definition) is 0. The fraction of sp³-hybridized carbons (Fsp3) is 0.382. The number of halogens is 2. The lowest BCUT2D eigenvalue weighted by Gasteiger charge is -2.31. The van der Waals surface area contributed by atoms with Crippen LogP contribution in [0.3, 0.4) is 0 Å². The number of aromatic nitrogens is 4. The van der Waals surface area contributed by atoms with E-state index >= 15 is 8.78 Å². The average molecular weight is 581 g/mol. The molecule has 2 saturated heterocycles. The second-order valence-electron chi connectivity index (χ2n) is 12.3. The lowest BCUT2D eigenvalue weighted by atomic mass is 9.95. The van der Waals surface area contributed by atoms with Crippen molar-refractivity contribution in [1.82, 2.24) is 24.4 Å². The SMILES string of the molecule is Cc1cc2n(c1)CCCN(c1nc(OCC34CCCN3CCC4)nc3c(F)c(-c4cccc5cccc(F)c45)ncc13)C2. The van der Waals surface area contributed by atoms with E-state index in [1.54, 1.807) is 24.4 Å². The van der Waals surface area contributed by atoms with E-state index in [-0.39, 0.29) is 22.8 Å². The maximum atomic E-state index is 16.7. The highest BCUT2D eigenvalue weighted by atomic mass is 19.1. The smallest absolute Gasteiger partial charge is 0.319 e. The number of aryl methyl sites for hydroxylation is 2. The molecule has 0 spiro atoms. The van der Waals surface area contributed by atoms with Crippen LogP contribution in [0.4, 0.5) is 14.6 Å². The third-order valence-corrected chi connectivity index (χ3v) is 9.64. The standard InChI is InChI=1S/C34H34F2N6O/c1-22-17-24-20-41(14-6-13-40(24)19-22)32-26-18-37-30(25-9-2-7-23-8-3-10-27(35)28(23)25)29(36)31(26)38-33(39-32)43-21-34-11-4-15-42(34)16-5-12-34/h2-3,7-10,17-19H,4-6,11-16,20-21H2,1H3. The molecule has 6 heterocycles. The molecule has 220 valence electrons. The van der Waals surface area contributed by atoms with E-state index in [2.05, 4.69) is 43.5 Å². The molecule has 7 nitrogen and oxygen atoms in total. The molecular weight excluding hydrogens is 546 g/mol. The number of fused-ring (bicyclic) bond motifs is 4. The van der Waals surface area contributed by atoms with Crippen LogP contribution in [0.1, 0.15) is 43.4 Å². The van der Waals surface area contributed by atoms with Gasteiger partial charge in [0.15, 0.2) is 5.82 Å². The number of rotatable bonds is 5. The molecule has 0 unspecified atom stereocenters. The number of hydrogen-bond acceptors (Lipinski definition) is 6. The summed E-state index contributed by atoms with van der Waals surface area (Å²) in [5.74, 6) is -0.402. The van der Waals surface area contributed by atoms with Gasteiger partial charge in [0.05, 0.1) is 17.5 Å². The Balaban J connectivity index is 1.26. The van der Waals surface area contributed by atoms with Crippen LogP contribution >= 0.6 is 0 Å². The highest BCUT2D eigenvalue weighted by Gasteiger charge is 2.45. The van der Waals surface area contributed by atoms with Gasteiger partial charge < -0.3 is 14.2 Å². The Morgan fingerprint density at radius 3 is 2.60 bits per heavy atom. The molecule has 9 heteroatoms. The summed E-state index contributed by atoms with van der Waals surface area (Å²) in [6, 6.07) is 12.6. The van der Waals surface area contributed by atoms with Gasteiger partial charge in [0.1, 0.15) is 29.5 Å². The molecule has 3 aliphatic heterocycles. The molecule has 0 atom stereocenters. The molecule has 0 aliphatic carbocycles. The van der Waals surface area contributed by atoms with Gasteiger partial charge in [-0.25, -0.2) is 8.78 Å². The van der Waals surface area contributed by atoms with E-state index in [0.717, 1.165) is 58.3 Å². The lowest BCUT2D eigenvalue weighted by Crippen LogP contribution is -2.43. The molecule has 0 amide bonds. The molecule has 0 N–H and O–H groups in total. The highest BCUT2D eigenvalue weighted by Crippen LogP contribution is 2.40. The zero-order chi connectivity index (χ0) is 29.1.